The molecule has 132 valence electrons. The third kappa shape index (κ3) is 3.16. The summed E-state index contributed by atoms with van der Waals surface area (Å²) in [4.78, 5) is 18.1. The number of anilines is 1. The van der Waals surface area contributed by atoms with Gasteiger partial charge in [0.05, 0.1) is 12.9 Å². The summed E-state index contributed by atoms with van der Waals surface area (Å²) < 4.78 is 28.4. The fourth-order valence-electron chi connectivity index (χ4n) is 2.35. The molecule has 24 heavy (non-hydrogen) atoms. The Bertz CT molecular complexity index is 841. The van der Waals surface area contributed by atoms with Gasteiger partial charge in [-0.05, 0) is 0 Å². The molecule has 3 rings (SSSR count). The van der Waals surface area contributed by atoms with Crippen LogP contribution in [0.25, 0.3) is 11.2 Å². The van der Waals surface area contributed by atoms with E-state index >= 15 is 0 Å². The van der Waals surface area contributed by atoms with Gasteiger partial charge in [0, 0.05) is 0 Å². The first-order valence-corrected chi connectivity index (χ1v) is 8.18. The number of imidazole rings is 1. The number of fused-ring (bicyclic) bond motifs is 1. The van der Waals surface area contributed by atoms with Crippen molar-refractivity contribution in [1.29, 1.82) is 0 Å². The summed E-state index contributed by atoms with van der Waals surface area (Å²) in [5, 5.41) is 24.9. The predicted molar refractivity (Wildman–Crippen MR) is 77.9 cm³/mol. The lowest BCUT2D eigenvalue weighted by Gasteiger charge is -2.16. The molecule has 4 atom stereocenters. The smallest absolute Gasteiger partial charge is 0.296 e. The van der Waals surface area contributed by atoms with Crippen LogP contribution in [0.1, 0.15) is 6.23 Å². The van der Waals surface area contributed by atoms with E-state index in [-0.39, 0.29) is 12.4 Å². The van der Waals surface area contributed by atoms with Gasteiger partial charge in [-0.15, -0.1) is 0 Å². The Morgan fingerprint density at radius 2 is 2.08 bits per heavy atom. The maximum absolute atomic E-state index is 10.7. The van der Waals surface area contributed by atoms with Crippen LogP contribution in [0.2, 0.25) is 0 Å². The first-order chi connectivity index (χ1) is 11.3. The highest BCUT2D eigenvalue weighted by Gasteiger charge is 2.44. The number of ether oxygens (including phenoxy) is 1. The van der Waals surface area contributed by atoms with E-state index in [0.717, 1.165) is 0 Å². The Kier molecular flexibility index (Phi) is 4.35. The third-order valence-corrected chi connectivity index (χ3v) is 3.77. The summed E-state index contributed by atoms with van der Waals surface area (Å²) in [6, 6.07) is 0. The number of rotatable bonds is 5. The molecule has 1 aliphatic heterocycles. The molecule has 14 heteroatoms. The van der Waals surface area contributed by atoms with Crippen LogP contribution in [0.4, 0.5) is 5.82 Å². The molecule has 3 heterocycles. The van der Waals surface area contributed by atoms with Gasteiger partial charge >= 0.3 is 0 Å². The van der Waals surface area contributed by atoms with Crippen LogP contribution in [0.5, 0.6) is 0 Å². The topological polar surface area (TPSA) is 201 Å². The second kappa shape index (κ2) is 6.17. The maximum atomic E-state index is 10.7. The first kappa shape index (κ1) is 16.9. The zero-order valence-electron chi connectivity index (χ0n) is 12.1. The van der Waals surface area contributed by atoms with Crippen LogP contribution in [-0.4, -0.2) is 63.1 Å². The van der Waals surface area contributed by atoms with Crippen molar-refractivity contribution in [3.63, 3.8) is 0 Å². The van der Waals surface area contributed by atoms with Gasteiger partial charge in [-0.2, -0.15) is 8.42 Å². The van der Waals surface area contributed by atoms with Crippen molar-refractivity contribution in [3.8, 4) is 0 Å². The number of hydrogen-bond acceptors (Lipinski definition) is 10. The molecule has 7 N–H and O–H groups in total. The van der Waals surface area contributed by atoms with Crippen LogP contribution in [0, 0.1) is 0 Å². The quantitative estimate of drug-likeness (QED) is 0.337. The van der Waals surface area contributed by atoms with E-state index in [4.69, 9.17) is 15.6 Å². The molecular formula is C10H15N7O6S. The highest BCUT2D eigenvalue weighted by molar-refractivity contribution is 7.87. The van der Waals surface area contributed by atoms with Crippen molar-refractivity contribution >= 4 is 27.2 Å². The summed E-state index contributed by atoms with van der Waals surface area (Å²) >= 11 is 0. The SMILES string of the molecule is Nc1ncnc2c1ncn2[C@@H]1O[C@H](CONS(N)(=O)=O)[C@@H](O)[C@H]1O. The van der Waals surface area contributed by atoms with Gasteiger partial charge in [0.1, 0.15) is 30.2 Å². The van der Waals surface area contributed by atoms with E-state index in [2.05, 4.69) is 19.8 Å². The van der Waals surface area contributed by atoms with Crippen molar-refractivity contribution in [3.05, 3.63) is 12.7 Å². The van der Waals surface area contributed by atoms with Crippen LogP contribution >= 0.6 is 0 Å². The van der Waals surface area contributed by atoms with Gasteiger partial charge in [0.25, 0.3) is 10.2 Å². The molecule has 0 unspecified atom stereocenters. The van der Waals surface area contributed by atoms with E-state index in [1.165, 1.54) is 17.2 Å². The lowest BCUT2D eigenvalue weighted by Crippen LogP contribution is -2.38. The predicted octanol–water partition coefficient (Wildman–Crippen LogP) is -3.25. The molecule has 0 amide bonds. The second-order valence-electron chi connectivity index (χ2n) is 5.07. The number of aliphatic hydroxyl groups is 2. The monoisotopic (exact) mass is 361 g/mol. The van der Waals surface area contributed by atoms with Crippen LogP contribution in [0.15, 0.2) is 12.7 Å². The molecule has 0 radical (unpaired) electrons. The van der Waals surface area contributed by atoms with Crippen LogP contribution in [-0.2, 0) is 19.8 Å². The summed E-state index contributed by atoms with van der Waals surface area (Å²) in [6.45, 7) is -0.380. The summed E-state index contributed by atoms with van der Waals surface area (Å²) in [7, 11) is -4.06. The van der Waals surface area contributed by atoms with Gasteiger partial charge in [0.15, 0.2) is 17.7 Å². The Balaban J connectivity index is 1.78. The summed E-state index contributed by atoms with van der Waals surface area (Å²) in [5.74, 6) is 0.157. The number of nitrogens with two attached hydrogens (primary N) is 2. The molecule has 2 aromatic heterocycles. The molecule has 1 fully saturated rings. The zero-order valence-corrected chi connectivity index (χ0v) is 12.9. The number of nitrogens with zero attached hydrogens (tertiary/aromatic N) is 4. The largest absolute Gasteiger partial charge is 0.387 e. The molecular weight excluding hydrogens is 346 g/mol. The minimum Gasteiger partial charge on any atom is -0.387 e. The number of nitrogen functional groups attached to an aromatic ring is 1. The molecule has 13 nitrogen and oxygen atoms in total. The molecule has 0 saturated carbocycles. The number of nitrogens with one attached hydrogen (secondary N) is 1. The Morgan fingerprint density at radius 1 is 1.33 bits per heavy atom. The van der Waals surface area contributed by atoms with Crippen molar-refractivity contribution in [2.75, 3.05) is 12.3 Å². The summed E-state index contributed by atoms with van der Waals surface area (Å²) in [5.41, 5.74) is 6.31. The summed E-state index contributed by atoms with van der Waals surface area (Å²) in [6.07, 6.45) is -2.15. The maximum Gasteiger partial charge on any atom is 0.296 e. The van der Waals surface area contributed by atoms with E-state index in [0.29, 0.717) is 11.2 Å². The minimum atomic E-state index is -4.06. The van der Waals surface area contributed by atoms with Crippen molar-refractivity contribution < 1.29 is 28.2 Å². The Morgan fingerprint density at radius 3 is 2.79 bits per heavy atom. The number of aromatic nitrogens is 4. The molecule has 0 aliphatic carbocycles. The van der Waals surface area contributed by atoms with E-state index < -0.39 is 34.7 Å². The fraction of sp³-hybridized carbons (Fsp3) is 0.500. The standard InChI is InChI=1S/C10H15N7O6S/c11-8-5-9(14-2-13-8)17(3-15-5)10-7(19)6(18)4(23-10)1-22-16-24(12,20)21/h2-4,6-7,10,16,18-19H,1H2,(H2,11,13,14)(H2,12,20,21)/t4-,6-,7-,10-/m1/s1. The highest BCUT2D eigenvalue weighted by atomic mass is 32.2. The molecule has 1 saturated heterocycles. The normalized spacial score (nSPS) is 27.8. The average molecular weight is 361 g/mol. The fourth-order valence-corrected chi connectivity index (χ4v) is 2.58. The van der Waals surface area contributed by atoms with E-state index in [9.17, 15) is 18.6 Å². The number of aliphatic hydroxyl groups excluding tert-OH is 2. The zero-order chi connectivity index (χ0) is 17.5. The van der Waals surface area contributed by atoms with Crippen molar-refractivity contribution in [2.24, 2.45) is 5.14 Å². The first-order valence-electron chi connectivity index (χ1n) is 6.64. The molecule has 0 aromatic carbocycles. The molecule has 0 bridgehead atoms. The molecule has 0 spiro atoms. The van der Waals surface area contributed by atoms with Gasteiger partial charge in [-0.25, -0.2) is 20.1 Å². The Hall–Kier alpha value is -1.94. The van der Waals surface area contributed by atoms with Crippen LogP contribution in [0.3, 0.4) is 0 Å². The lowest BCUT2D eigenvalue weighted by molar-refractivity contribution is -0.0737. The Labute approximate surface area is 135 Å². The second-order valence-corrected chi connectivity index (χ2v) is 6.33. The molecule has 2 aromatic rings. The van der Waals surface area contributed by atoms with Gasteiger partial charge < -0.3 is 20.7 Å². The third-order valence-electron chi connectivity index (χ3n) is 3.42. The van der Waals surface area contributed by atoms with Gasteiger partial charge in [-0.3, -0.25) is 9.40 Å². The average Bonchev–Trinajstić information content (AvgIpc) is 3.03. The highest BCUT2D eigenvalue weighted by Crippen LogP contribution is 2.31. The van der Waals surface area contributed by atoms with Crippen molar-refractivity contribution in [1.82, 2.24) is 24.4 Å². The van der Waals surface area contributed by atoms with E-state index in [1.807, 2.05) is 0 Å². The van der Waals surface area contributed by atoms with E-state index in [1.54, 1.807) is 4.89 Å². The number of hydrogen-bond donors (Lipinski definition) is 5. The lowest BCUT2D eigenvalue weighted by atomic mass is 10.1. The molecule has 1 aliphatic rings. The van der Waals surface area contributed by atoms with Gasteiger partial charge in [0.2, 0.25) is 0 Å². The van der Waals surface area contributed by atoms with Crippen molar-refractivity contribution in [2.45, 2.75) is 24.5 Å². The van der Waals surface area contributed by atoms with Crippen LogP contribution < -0.4 is 15.8 Å². The van der Waals surface area contributed by atoms with Gasteiger partial charge in [-0.1, -0.05) is 4.89 Å². The minimum absolute atomic E-state index is 0.157.